The zero-order valence-corrected chi connectivity index (χ0v) is 22.5. The maximum absolute atomic E-state index is 12.6. The van der Waals surface area contributed by atoms with E-state index in [1.807, 2.05) is 12.1 Å². The van der Waals surface area contributed by atoms with Crippen LogP contribution in [0.2, 0.25) is 0 Å². The fourth-order valence-electron chi connectivity index (χ4n) is 4.13. The second-order valence-electron chi connectivity index (χ2n) is 9.29. The molecular formula is C28H44N2O4S. The first-order valence-corrected chi connectivity index (χ1v) is 14.6. The number of unbranched alkanes of at least 4 members (excludes halogenated alkanes) is 9. The number of Topliss-reactive ketones (excluding diaryl/α,β-unsaturated/α-hetero) is 1. The van der Waals surface area contributed by atoms with E-state index in [1.54, 1.807) is 17.0 Å². The maximum atomic E-state index is 12.6. The highest BCUT2D eigenvalue weighted by molar-refractivity contribution is 8.01. The van der Waals surface area contributed by atoms with Gasteiger partial charge in [-0.15, -0.1) is 11.8 Å². The molecular weight excluding hydrogens is 460 g/mol. The maximum Gasteiger partial charge on any atom is 0.251 e. The summed E-state index contributed by atoms with van der Waals surface area (Å²) >= 11 is 1.34. The van der Waals surface area contributed by atoms with Crippen molar-refractivity contribution in [2.75, 3.05) is 32.0 Å². The van der Waals surface area contributed by atoms with Gasteiger partial charge in [0.15, 0.2) is 5.78 Å². The third kappa shape index (κ3) is 11.1. The van der Waals surface area contributed by atoms with Gasteiger partial charge in [0.2, 0.25) is 5.91 Å². The zero-order valence-electron chi connectivity index (χ0n) is 21.7. The molecule has 1 fully saturated rings. The smallest absolute Gasteiger partial charge is 0.251 e. The topological polar surface area (TPSA) is 75.7 Å². The fourth-order valence-corrected chi connectivity index (χ4v) is 5.14. The number of hydrogen-bond acceptors (Lipinski definition) is 5. The van der Waals surface area contributed by atoms with Gasteiger partial charge in [-0.25, -0.2) is 0 Å². The molecule has 1 N–H and O–H groups in total. The monoisotopic (exact) mass is 504 g/mol. The summed E-state index contributed by atoms with van der Waals surface area (Å²) in [6.07, 6.45) is 13.0. The third-order valence-corrected chi connectivity index (χ3v) is 7.50. The summed E-state index contributed by atoms with van der Waals surface area (Å²) in [6.45, 7) is 6.40. The Morgan fingerprint density at radius 2 is 1.57 bits per heavy atom. The minimum absolute atomic E-state index is 0.0143. The molecule has 0 spiro atoms. The van der Waals surface area contributed by atoms with Crippen molar-refractivity contribution in [3.05, 3.63) is 29.8 Å². The van der Waals surface area contributed by atoms with Gasteiger partial charge in [-0.3, -0.25) is 14.4 Å². The van der Waals surface area contributed by atoms with Crippen LogP contribution in [0.4, 0.5) is 0 Å². The molecule has 196 valence electrons. The lowest BCUT2D eigenvalue weighted by atomic mass is 10.1. The largest absolute Gasteiger partial charge is 0.494 e. The van der Waals surface area contributed by atoms with E-state index in [2.05, 4.69) is 19.2 Å². The first-order chi connectivity index (χ1) is 17.1. The van der Waals surface area contributed by atoms with Crippen molar-refractivity contribution >= 4 is 29.4 Å². The van der Waals surface area contributed by atoms with Crippen LogP contribution in [0.15, 0.2) is 24.3 Å². The highest BCUT2D eigenvalue weighted by Gasteiger charge is 2.38. The highest BCUT2D eigenvalue weighted by atomic mass is 32.2. The van der Waals surface area contributed by atoms with Crippen molar-refractivity contribution in [1.29, 1.82) is 0 Å². The van der Waals surface area contributed by atoms with Gasteiger partial charge in [0.05, 0.1) is 13.2 Å². The average molecular weight is 505 g/mol. The van der Waals surface area contributed by atoms with E-state index in [-0.39, 0.29) is 24.1 Å². The predicted octanol–water partition coefficient (Wildman–Crippen LogP) is 5.64. The van der Waals surface area contributed by atoms with Gasteiger partial charge in [0.25, 0.3) is 5.91 Å². The summed E-state index contributed by atoms with van der Waals surface area (Å²) in [5.74, 6) is 1.05. The molecule has 35 heavy (non-hydrogen) atoms. The average Bonchev–Trinajstić information content (AvgIpc) is 3.13. The Morgan fingerprint density at radius 3 is 2.26 bits per heavy atom. The highest BCUT2D eigenvalue weighted by Crippen LogP contribution is 2.22. The van der Waals surface area contributed by atoms with Crippen LogP contribution in [-0.4, -0.2) is 59.7 Å². The second-order valence-corrected chi connectivity index (χ2v) is 10.5. The van der Waals surface area contributed by atoms with Crippen LogP contribution in [0.5, 0.6) is 5.75 Å². The molecule has 0 aromatic heterocycles. The van der Waals surface area contributed by atoms with E-state index in [0.717, 1.165) is 25.0 Å². The predicted molar refractivity (Wildman–Crippen MR) is 144 cm³/mol. The molecule has 0 aliphatic carbocycles. The lowest BCUT2D eigenvalue weighted by molar-refractivity contribution is -0.127. The van der Waals surface area contributed by atoms with Crippen LogP contribution in [-0.2, 0) is 9.59 Å². The number of rotatable bonds is 19. The second kappa shape index (κ2) is 17.4. The quantitative estimate of drug-likeness (QED) is 0.195. The Morgan fingerprint density at radius 1 is 0.943 bits per heavy atom. The Balaban J connectivity index is 1.61. The van der Waals surface area contributed by atoms with Crippen molar-refractivity contribution in [2.45, 2.75) is 89.7 Å². The van der Waals surface area contributed by atoms with E-state index in [1.165, 1.54) is 63.1 Å². The van der Waals surface area contributed by atoms with E-state index >= 15 is 0 Å². The third-order valence-electron chi connectivity index (χ3n) is 6.26. The number of nitrogens with zero attached hydrogens (tertiary/aromatic N) is 1. The minimum atomic E-state index is -0.620. The fraction of sp³-hybridized carbons (Fsp3) is 0.679. The van der Waals surface area contributed by atoms with Crippen LogP contribution in [0.25, 0.3) is 0 Å². The molecule has 6 nitrogen and oxygen atoms in total. The summed E-state index contributed by atoms with van der Waals surface area (Å²) < 4.78 is 5.72. The number of ketones is 1. The van der Waals surface area contributed by atoms with E-state index in [9.17, 15) is 14.4 Å². The van der Waals surface area contributed by atoms with Gasteiger partial charge in [-0.1, -0.05) is 71.6 Å². The van der Waals surface area contributed by atoms with Crippen LogP contribution in [0.1, 0.15) is 94.8 Å². The molecule has 1 aliphatic rings. The summed E-state index contributed by atoms with van der Waals surface area (Å²) in [6, 6.07) is 7.16. The molecule has 1 aromatic carbocycles. The summed E-state index contributed by atoms with van der Waals surface area (Å²) in [5, 5.41) is 2.26. The first kappa shape index (κ1) is 29.2. The van der Waals surface area contributed by atoms with Crippen molar-refractivity contribution in [1.82, 2.24) is 10.2 Å². The number of amides is 2. The van der Waals surface area contributed by atoms with Crippen LogP contribution >= 0.6 is 11.8 Å². The van der Waals surface area contributed by atoms with Gasteiger partial charge >= 0.3 is 0 Å². The van der Waals surface area contributed by atoms with Gasteiger partial charge < -0.3 is 15.0 Å². The summed E-state index contributed by atoms with van der Waals surface area (Å²) in [4.78, 5) is 39.0. The van der Waals surface area contributed by atoms with Crippen molar-refractivity contribution < 1.29 is 19.1 Å². The summed E-state index contributed by atoms with van der Waals surface area (Å²) in [5.41, 5.74) is 0.572. The Hall–Kier alpha value is -2.02. The van der Waals surface area contributed by atoms with E-state index in [0.29, 0.717) is 31.0 Å². The number of carbonyl (C=O) groups is 3. The summed E-state index contributed by atoms with van der Waals surface area (Å²) in [7, 11) is 0. The molecule has 2 rings (SSSR count). The number of ether oxygens (including phenoxy) is 1. The first-order valence-electron chi connectivity index (χ1n) is 13.5. The van der Waals surface area contributed by atoms with Gasteiger partial charge in [0, 0.05) is 24.4 Å². The van der Waals surface area contributed by atoms with Gasteiger partial charge in [-0.2, -0.15) is 0 Å². The number of carbonyl (C=O) groups excluding carboxylic acids is 3. The molecule has 1 atom stereocenters. The standard InChI is InChI=1S/C28H44N2O4S/c1-3-5-7-9-10-11-12-19-30-22-25(31)26(28(30)33)35-21-18-29-27(32)23-14-16-24(17-15-23)34-20-13-8-6-4-2/h14-17,26H,3-13,18-22H2,1-2H3,(H,29,32). The number of nitrogens with one attached hydrogen (secondary N) is 1. The minimum Gasteiger partial charge on any atom is -0.494 e. The molecule has 0 radical (unpaired) electrons. The zero-order chi connectivity index (χ0) is 25.3. The molecule has 1 aromatic rings. The Kier molecular flexibility index (Phi) is 14.5. The SMILES string of the molecule is CCCCCCCCCN1CC(=O)C(SCCNC(=O)c2ccc(OCCCCCC)cc2)C1=O. The Labute approximate surface area is 215 Å². The number of thioether (sulfide) groups is 1. The number of likely N-dealkylation sites (tertiary alicyclic amines) is 1. The van der Waals surface area contributed by atoms with Gasteiger partial charge in [-0.05, 0) is 37.1 Å². The van der Waals surface area contributed by atoms with Gasteiger partial charge in [0.1, 0.15) is 11.0 Å². The molecule has 0 saturated carbocycles. The van der Waals surface area contributed by atoms with Crippen LogP contribution < -0.4 is 10.1 Å². The van der Waals surface area contributed by atoms with Crippen LogP contribution in [0.3, 0.4) is 0 Å². The molecule has 1 heterocycles. The van der Waals surface area contributed by atoms with Crippen molar-refractivity contribution in [3.8, 4) is 5.75 Å². The lowest BCUT2D eigenvalue weighted by Crippen LogP contribution is -2.30. The Bertz CT molecular complexity index is 769. The normalized spacial score (nSPS) is 15.6. The molecule has 0 bridgehead atoms. The van der Waals surface area contributed by atoms with Crippen molar-refractivity contribution in [3.63, 3.8) is 0 Å². The molecule has 1 aliphatic heterocycles. The van der Waals surface area contributed by atoms with E-state index in [4.69, 9.17) is 4.74 Å². The molecule has 2 amide bonds. The molecule has 1 unspecified atom stereocenters. The lowest BCUT2D eigenvalue weighted by Gasteiger charge is -2.15. The number of benzene rings is 1. The van der Waals surface area contributed by atoms with Crippen molar-refractivity contribution in [2.24, 2.45) is 0 Å². The molecule has 7 heteroatoms. The van der Waals surface area contributed by atoms with E-state index < -0.39 is 5.25 Å². The van der Waals surface area contributed by atoms with Crippen LogP contribution in [0, 0.1) is 0 Å². The number of hydrogen-bond donors (Lipinski definition) is 1. The molecule has 1 saturated heterocycles.